The zero-order chi connectivity index (χ0) is 13.1. The van der Waals surface area contributed by atoms with Crippen LogP contribution < -0.4 is 4.74 Å². The molecule has 0 saturated carbocycles. The topological polar surface area (TPSA) is 50.8 Å². The summed E-state index contributed by atoms with van der Waals surface area (Å²) in [7, 11) is 1.69. The van der Waals surface area contributed by atoms with E-state index in [4.69, 9.17) is 10.00 Å². The second-order valence-electron chi connectivity index (χ2n) is 3.88. The molecule has 0 aliphatic carbocycles. The largest absolute Gasteiger partial charge is 0.472 e. The van der Waals surface area contributed by atoms with Crippen LogP contribution in [0.15, 0.2) is 24.3 Å². The van der Waals surface area contributed by atoms with E-state index in [1.807, 2.05) is 6.07 Å². The van der Waals surface area contributed by atoms with Gasteiger partial charge in [-0.25, -0.2) is 9.07 Å². The summed E-state index contributed by atoms with van der Waals surface area (Å²) in [6.07, 6.45) is 0. The smallest absolute Gasteiger partial charge is 0.230 e. The number of nitrogens with zero attached hydrogens (tertiary/aromatic N) is 3. The van der Waals surface area contributed by atoms with Crippen molar-refractivity contribution in [3.8, 4) is 11.9 Å². The Labute approximate surface area is 104 Å². The molecule has 1 aromatic carbocycles. The monoisotopic (exact) mass is 245 g/mol. The molecule has 1 aromatic heterocycles. The Hall–Kier alpha value is -2.35. The lowest BCUT2D eigenvalue weighted by Crippen LogP contribution is -2.03. The lowest BCUT2D eigenvalue weighted by atomic mass is 10.2. The molecule has 5 heteroatoms. The van der Waals surface area contributed by atoms with E-state index in [1.165, 1.54) is 10.7 Å². The fourth-order valence-electron chi connectivity index (χ4n) is 1.69. The van der Waals surface area contributed by atoms with Gasteiger partial charge in [0.15, 0.2) is 0 Å². The van der Waals surface area contributed by atoms with E-state index in [0.29, 0.717) is 22.7 Å². The highest BCUT2D eigenvalue weighted by Gasteiger charge is 2.14. The van der Waals surface area contributed by atoms with Crippen molar-refractivity contribution >= 4 is 0 Å². The molecule has 0 aliphatic rings. The minimum Gasteiger partial charge on any atom is -0.472 e. The number of nitriles is 1. The van der Waals surface area contributed by atoms with Crippen molar-refractivity contribution in [3.63, 3.8) is 0 Å². The van der Waals surface area contributed by atoms with Gasteiger partial charge < -0.3 is 4.74 Å². The van der Waals surface area contributed by atoms with Crippen LogP contribution in [-0.4, -0.2) is 9.78 Å². The van der Waals surface area contributed by atoms with Gasteiger partial charge in [-0.15, -0.1) is 0 Å². The zero-order valence-electron chi connectivity index (χ0n) is 10.1. The van der Waals surface area contributed by atoms with Crippen LogP contribution >= 0.6 is 0 Å². The first-order chi connectivity index (χ1) is 8.63. The molecule has 4 nitrogen and oxygen atoms in total. The van der Waals surface area contributed by atoms with E-state index < -0.39 is 0 Å². The summed E-state index contributed by atoms with van der Waals surface area (Å²) < 4.78 is 20.4. The van der Waals surface area contributed by atoms with Gasteiger partial charge >= 0.3 is 0 Å². The molecular weight excluding hydrogens is 233 g/mol. The molecule has 0 spiro atoms. The predicted octanol–water partition coefficient (Wildman–Crippen LogP) is 2.32. The maximum Gasteiger partial charge on any atom is 0.230 e. The summed E-state index contributed by atoms with van der Waals surface area (Å²) in [5.74, 6) is 0.0353. The van der Waals surface area contributed by atoms with Crippen LogP contribution in [-0.2, 0) is 13.7 Å². The van der Waals surface area contributed by atoms with Gasteiger partial charge in [0.1, 0.15) is 24.1 Å². The molecule has 2 rings (SSSR count). The van der Waals surface area contributed by atoms with Gasteiger partial charge in [0.2, 0.25) is 5.88 Å². The Morgan fingerprint density at radius 3 is 2.83 bits per heavy atom. The third kappa shape index (κ3) is 2.18. The van der Waals surface area contributed by atoms with E-state index in [1.54, 1.807) is 32.2 Å². The summed E-state index contributed by atoms with van der Waals surface area (Å²) in [4.78, 5) is 0. The second kappa shape index (κ2) is 4.88. The first kappa shape index (κ1) is 12.1. The van der Waals surface area contributed by atoms with Crippen molar-refractivity contribution in [2.24, 2.45) is 7.05 Å². The standard InChI is InChI=1S/C13H12FN3O/c1-9-11(7-15)13(17(2)16-9)18-8-10-5-3-4-6-12(10)14/h3-6H,8H2,1-2H3. The third-order valence-corrected chi connectivity index (χ3v) is 2.60. The lowest BCUT2D eigenvalue weighted by Gasteiger charge is -2.07. The summed E-state index contributed by atoms with van der Waals surface area (Å²) in [6, 6.07) is 8.41. The molecule has 18 heavy (non-hydrogen) atoms. The molecular formula is C13H12FN3O. The van der Waals surface area contributed by atoms with Gasteiger partial charge in [-0.05, 0) is 13.0 Å². The zero-order valence-corrected chi connectivity index (χ0v) is 10.1. The van der Waals surface area contributed by atoms with Crippen LogP contribution in [0.1, 0.15) is 16.8 Å². The molecule has 0 saturated heterocycles. The van der Waals surface area contributed by atoms with Crippen molar-refractivity contribution in [1.82, 2.24) is 9.78 Å². The SMILES string of the molecule is Cc1nn(C)c(OCc2ccccc2F)c1C#N. The van der Waals surface area contributed by atoms with Crippen LogP contribution in [0.25, 0.3) is 0 Å². The highest BCUT2D eigenvalue weighted by atomic mass is 19.1. The highest BCUT2D eigenvalue weighted by Crippen LogP contribution is 2.21. The number of ether oxygens (including phenoxy) is 1. The van der Waals surface area contributed by atoms with E-state index in [9.17, 15) is 4.39 Å². The first-order valence-electron chi connectivity index (χ1n) is 5.43. The maximum atomic E-state index is 13.4. The summed E-state index contributed by atoms with van der Waals surface area (Å²) >= 11 is 0. The van der Waals surface area contributed by atoms with Crippen molar-refractivity contribution in [2.75, 3.05) is 0 Å². The van der Waals surface area contributed by atoms with Crippen molar-refractivity contribution in [2.45, 2.75) is 13.5 Å². The predicted molar refractivity (Wildman–Crippen MR) is 63.4 cm³/mol. The summed E-state index contributed by atoms with van der Waals surface area (Å²) in [5.41, 5.74) is 1.43. The number of aromatic nitrogens is 2. The minimum absolute atomic E-state index is 0.0698. The molecule has 0 bridgehead atoms. The summed E-state index contributed by atoms with van der Waals surface area (Å²) in [5, 5.41) is 13.1. The Kier molecular flexibility index (Phi) is 3.28. The number of aryl methyl sites for hydroxylation is 2. The fourth-order valence-corrected chi connectivity index (χ4v) is 1.69. The number of hydrogen-bond acceptors (Lipinski definition) is 3. The molecule has 1 heterocycles. The summed E-state index contributed by atoms with van der Waals surface area (Å²) in [6.45, 7) is 1.80. The van der Waals surface area contributed by atoms with Gasteiger partial charge in [-0.2, -0.15) is 10.4 Å². The number of rotatable bonds is 3. The van der Waals surface area contributed by atoms with E-state index in [0.717, 1.165) is 0 Å². The van der Waals surface area contributed by atoms with Crippen LogP contribution in [0.2, 0.25) is 0 Å². The van der Waals surface area contributed by atoms with Crippen LogP contribution in [0.4, 0.5) is 4.39 Å². The molecule has 0 fully saturated rings. The molecule has 0 aliphatic heterocycles. The molecule has 0 atom stereocenters. The molecule has 0 radical (unpaired) electrons. The first-order valence-corrected chi connectivity index (χ1v) is 5.43. The average molecular weight is 245 g/mol. The van der Waals surface area contributed by atoms with Gasteiger partial charge in [0, 0.05) is 12.6 Å². The Bertz CT molecular complexity index is 613. The number of benzene rings is 1. The average Bonchev–Trinajstić information content (AvgIpc) is 2.62. The molecule has 0 amide bonds. The van der Waals surface area contributed by atoms with Crippen LogP contribution in [0.3, 0.4) is 0 Å². The van der Waals surface area contributed by atoms with E-state index in [2.05, 4.69) is 5.10 Å². The highest BCUT2D eigenvalue weighted by molar-refractivity contribution is 5.42. The van der Waals surface area contributed by atoms with Crippen molar-refractivity contribution in [1.29, 1.82) is 5.26 Å². The molecule has 0 unspecified atom stereocenters. The Morgan fingerprint density at radius 1 is 1.44 bits per heavy atom. The number of halogens is 1. The molecule has 92 valence electrons. The molecule has 2 aromatic rings. The van der Waals surface area contributed by atoms with Gasteiger partial charge in [-0.3, -0.25) is 0 Å². The van der Waals surface area contributed by atoms with Crippen molar-refractivity contribution < 1.29 is 9.13 Å². The van der Waals surface area contributed by atoms with E-state index in [-0.39, 0.29) is 12.4 Å². The third-order valence-electron chi connectivity index (χ3n) is 2.60. The van der Waals surface area contributed by atoms with Crippen LogP contribution in [0, 0.1) is 24.1 Å². The quantitative estimate of drug-likeness (QED) is 0.833. The van der Waals surface area contributed by atoms with Gasteiger partial charge in [0.05, 0.1) is 5.69 Å². The second-order valence-corrected chi connectivity index (χ2v) is 3.88. The Balaban J connectivity index is 2.22. The fraction of sp³-hybridized carbons (Fsp3) is 0.231. The van der Waals surface area contributed by atoms with Gasteiger partial charge in [0.25, 0.3) is 0 Å². The minimum atomic E-state index is -0.324. The molecule has 0 N–H and O–H groups in total. The Morgan fingerprint density at radius 2 is 2.17 bits per heavy atom. The van der Waals surface area contributed by atoms with E-state index >= 15 is 0 Å². The maximum absolute atomic E-state index is 13.4. The normalized spacial score (nSPS) is 10.1. The lowest BCUT2D eigenvalue weighted by molar-refractivity contribution is 0.273. The number of hydrogen-bond donors (Lipinski definition) is 0. The van der Waals surface area contributed by atoms with Crippen molar-refractivity contribution in [3.05, 3.63) is 46.9 Å². The van der Waals surface area contributed by atoms with Gasteiger partial charge in [-0.1, -0.05) is 18.2 Å². The van der Waals surface area contributed by atoms with Crippen LogP contribution in [0.5, 0.6) is 5.88 Å².